The predicted octanol–water partition coefficient (Wildman–Crippen LogP) is 4.01. The van der Waals surface area contributed by atoms with Gasteiger partial charge in [-0.2, -0.15) is 0 Å². The second-order valence-electron chi connectivity index (χ2n) is 6.13. The van der Waals surface area contributed by atoms with Crippen molar-refractivity contribution in [2.45, 2.75) is 32.6 Å². The van der Waals surface area contributed by atoms with E-state index in [0.29, 0.717) is 23.5 Å². The first-order valence-electron chi connectivity index (χ1n) is 7.94. The number of rotatable bonds is 5. The van der Waals surface area contributed by atoms with Crippen molar-refractivity contribution >= 4 is 28.1 Å². The van der Waals surface area contributed by atoms with Crippen molar-refractivity contribution in [3.63, 3.8) is 0 Å². The molecule has 0 aliphatic carbocycles. The fourth-order valence-corrected chi connectivity index (χ4v) is 3.64. The highest BCUT2D eigenvalue weighted by Gasteiger charge is 2.23. The molecule has 1 saturated heterocycles. The third-order valence-corrected chi connectivity index (χ3v) is 5.59. The molecule has 0 atom stereocenters. The Bertz CT molecular complexity index is 641. The standard InChI is InChI=1S/C16H21ClN4OS/c1-11(2)15-19-20-16(23-15)21-7-4-12(5-8-21)10-22-14-3-6-18-9-13(14)17/h3,6,9,11-12H,4-5,7-8,10H2,1-2H3. The molecular formula is C16H21ClN4OS. The van der Waals surface area contributed by atoms with Gasteiger partial charge in [0.25, 0.3) is 0 Å². The third-order valence-electron chi connectivity index (χ3n) is 4.02. The van der Waals surface area contributed by atoms with Gasteiger partial charge in [-0.15, -0.1) is 10.2 Å². The van der Waals surface area contributed by atoms with E-state index in [0.717, 1.165) is 41.8 Å². The Hall–Kier alpha value is -1.40. The zero-order valence-corrected chi connectivity index (χ0v) is 15.0. The van der Waals surface area contributed by atoms with Crippen molar-refractivity contribution < 1.29 is 4.74 Å². The smallest absolute Gasteiger partial charge is 0.208 e. The molecule has 0 saturated carbocycles. The van der Waals surface area contributed by atoms with E-state index in [1.807, 2.05) is 6.07 Å². The topological polar surface area (TPSA) is 51.1 Å². The van der Waals surface area contributed by atoms with E-state index < -0.39 is 0 Å². The van der Waals surface area contributed by atoms with E-state index in [-0.39, 0.29) is 0 Å². The van der Waals surface area contributed by atoms with Crippen LogP contribution in [0.2, 0.25) is 5.02 Å². The van der Waals surface area contributed by atoms with Crippen LogP contribution in [0.1, 0.15) is 37.6 Å². The lowest BCUT2D eigenvalue weighted by Crippen LogP contribution is -2.35. The van der Waals surface area contributed by atoms with Crippen LogP contribution < -0.4 is 9.64 Å². The molecule has 0 amide bonds. The van der Waals surface area contributed by atoms with Crippen molar-refractivity contribution in [3.8, 4) is 5.75 Å². The van der Waals surface area contributed by atoms with Gasteiger partial charge in [-0.05, 0) is 18.8 Å². The maximum Gasteiger partial charge on any atom is 0.208 e. The van der Waals surface area contributed by atoms with Crippen molar-refractivity contribution in [3.05, 3.63) is 28.5 Å². The molecule has 1 aliphatic heterocycles. The van der Waals surface area contributed by atoms with Gasteiger partial charge in [0.1, 0.15) is 15.8 Å². The number of hydrogen-bond acceptors (Lipinski definition) is 6. The van der Waals surface area contributed by atoms with E-state index in [4.69, 9.17) is 16.3 Å². The van der Waals surface area contributed by atoms with Gasteiger partial charge in [0, 0.05) is 37.5 Å². The minimum Gasteiger partial charge on any atom is -0.492 e. The number of nitrogens with zero attached hydrogens (tertiary/aromatic N) is 4. The zero-order chi connectivity index (χ0) is 16.2. The normalized spacial score (nSPS) is 16.1. The first-order chi connectivity index (χ1) is 11.1. The number of pyridine rings is 1. The number of anilines is 1. The van der Waals surface area contributed by atoms with Crippen LogP contribution >= 0.6 is 22.9 Å². The lowest BCUT2D eigenvalue weighted by Gasteiger charge is -2.31. The minimum absolute atomic E-state index is 0.442. The summed E-state index contributed by atoms with van der Waals surface area (Å²) in [4.78, 5) is 6.30. The number of halogens is 1. The molecule has 0 bridgehead atoms. The van der Waals surface area contributed by atoms with Gasteiger partial charge in [0.2, 0.25) is 5.13 Å². The van der Waals surface area contributed by atoms with Crippen LogP contribution in [0.5, 0.6) is 5.75 Å². The molecule has 1 fully saturated rings. The van der Waals surface area contributed by atoms with Crippen LogP contribution in [-0.4, -0.2) is 34.9 Å². The van der Waals surface area contributed by atoms with Crippen LogP contribution in [0.25, 0.3) is 0 Å². The van der Waals surface area contributed by atoms with E-state index in [1.165, 1.54) is 0 Å². The summed E-state index contributed by atoms with van der Waals surface area (Å²) in [5.74, 6) is 1.71. The van der Waals surface area contributed by atoms with E-state index in [1.54, 1.807) is 23.7 Å². The molecule has 3 heterocycles. The van der Waals surface area contributed by atoms with E-state index in [2.05, 4.69) is 33.9 Å². The van der Waals surface area contributed by atoms with E-state index in [9.17, 15) is 0 Å². The molecule has 1 aliphatic rings. The van der Waals surface area contributed by atoms with Crippen LogP contribution in [0.4, 0.5) is 5.13 Å². The highest BCUT2D eigenvalue weighted by atomic mass is 35.5. The average molecular weight is 353 g/mol. The lowest BCUT2D eigenvalue weighted by molar-refractivity contribution is 0.223. The van der Waals surface area contributed by atoms with Crippen molar-refractivity contribution in [1.82, 2.24) is 15.2 Å². The van der Waals surface area contributed by atoms with Crippen molar-refractivity contribution in [2.75, 3.05) is 24.6 Å². The monoisotopic (exact) mass is 352 g/mol. The molecule has 0 spiro atoms. The van der Waals surface area contributed by atoms with E-state index >= 15 is 0 Å². The van der Waals surface area contributed by atoms with Gasteiger partial charge in [-0.25, -0.2) is 0 Å². The molecule has 3 rings (SSSR count). The Morgan fingerprint density at radius 3 is 2.78 bits per heavy atom. The average Bonchev–Trinajstić information content (AvgIpc) is 3.05. The number of aromatic nitrogens is 3. The van der Waals surface area contributed by atoms with Gasteiger partial charge in [0.15, 0.2) is 0 Å². The van der Waals surface area contributed by atoms with Gasteiger partial charge < -0.3 is 9.64 Å². The highest BCUT2D eigenvalue weighted by Crippen LogP contribution is 2.30. The van der Waals surface area contributed by atoms with Gasteiger partial charge in [-0.1, -0.05) is 36.8 Å². The molecule has 2 aromatic rings. The maximum absolute atomic E-state index is 6.06. The highest BCUT2D eigenvalue weighted by molar-refractivity contribution is 7.15. The van der Waals surface area contributed by atoms with Crippen molar-refractivity contribution in [2.24, 2.45) is 5.92 Å². The molecule has 0 N–H and O–H groups in total. The summed E-state index contributed by atoms with van der Waals surface area (Å²) in [6, 6.07) is 1.81. The first-order valence-corrected chi connectivity index (χ1v) is 9.13. The SMILES string of the molecule is CC(C)c1nnc(N2CCC(COc3ccncc3Cl)CC2)s1. The van der Waals surface area contributed by atoms with Crippen molar-refractivity contribution in [1.29, 1.82) is 0 Å². The Morgan fingerprint density at radius 1 is 1.35 bits per heavy atom. The molecule has 23 heavy (non-hydrogen) atoms. The molecule has 5 nitrogen and oxygen atoms in total. The summed E-state index contributed by atoms with van der Waals surface area (Å²) in [5, 5.41) is 11.3. The summed E-state index contributed by atoms with van der Waals surface area (Å²) in [6.07, 6.45) is 5.51. The Balaban J connectivity index is 1.49. The summed E-state index contributed by atoms with van der Waals surface area (Å²) >= 11 is 7.77. The largest absolute Gasteiger partial charge is 0.492 e. The molecule has 0 radical (unpaired) electrons. The quantitative estimate of drug-likeness (QED) is 0.813. The number of hydrogen-bond donors (Lipinski definition) is 0. The van der Waals surface area contributed by atoms with Crippen LogP contribution in [0.15, 0.2) is 18.5 Å². The lowest BCUT2D eigenvalue weighted by atomic mass is 9.98. The molecule has 0 aromatic carbocycles. The minimum atomic E-state index is 0.442. The number of piperidine rings is 1. The fourth-order valence-electron chi connectivity index (χ4n) is 2.57. The first kappa shape index (κ1) is 16.5. The molecule has 124 valence electrons. The molecule has 7 heteroatoms. The maximum atomic E-state index is 6.06. The molecular weight excluding hydrogens is 332 g/mol. The Morgan fingerprint density at radius 2 is 2.13 bits per heavy atom. The van der Waals surface area contributed by atoms with Crippen LogP contribution in [0, 0.1) is 5.92 Å². The Kier molecular flexibility index (Phi) is 5.33. The summed E-state index contributed by atoms with van der Waals surface area (Å²) in [5.41, 5.74) is 0. The molecule has 0 unspecified atom stereocenters. The summed E-state index contributed by atoms with van der Waals surface area (Å²) in [7, 11) is 0. The van der Waals surface area contributed by atoms with Crippen LogP contribution in [0.3, 0.4) is 0 Å². The second-order valence-corrected chi connectivity index (χ2v) is 7.52. The zero-order valence-electron chi connectivity index (χ0n) is 13.4. The van der Waals surface area contributed by atoms with Gasteiger partial charge in [0.05, 0.1) is 6.61 Å². The summed E-state index contributed by atoms with van der Waals surface area (Å²) < 4.78 is 5.84. The predicted molar refractivity (Wildman–Crippen MR) is 93.7 cm³/mol. The fraction of sp³-hybridized carbons (Fsp3) is 0.562. The molecule has 2 aromatic heterocycles. The van der Waals surface area contributed by atoms with Crippen LogP contribution in [-0.2, 0) is 0 Å². The van der Waals surface area contributed by atoms with Gasteiger partial charge >= 0.3 is 0 Å². The third kappa shape index (κ3) is 4.12. The Labute approximate surface area is 145 Å². The second kappa shape index (κ2) is 7.45. The number of ether oxygens (including phenoxy) is 1. The van der Waals surface area contributed by atoms with Gasteiger partial charge in [-0.3, -0.25) is 4.98 Å². The summed E-state index contributed by atoms with van der Waals surface area (Å²) in [6.45, 7) is 7.01.